The van der Waals surface area contributed by atoms with E-state index in [0.29, 0.717) is 11.4 Å². The predicted octanol–water partition coefficient (Wildman–Crippen LogP) is 5.66. The third kappa shape index (κ3) is 5.14. The number of benzene rings is 1. The summed E-state index contributed by atoms with van der Waals surface area (Å²) in [7, 11) is 0. The van der Waals surface area contributed by atoms with Crippen LogP contribution in [0.5, 0.6) is 0 Å². The van der Waals surface area contributed by atoms with Crippen LogP contribution in [0.1, 0.15) is 53.9 Å². The van der Waals surface area contributed by atoms with Gasteiger partial charge in [-0.05, 0) is 55.9 Å². The van der Waals surface area contributed by atoms with Crippen molar-refractivity contribution in [1.82, 2.24) is 15.3 Å². The van der Waals surface area contributed by atoms with Crippen molar-refractivity contribution in [1.29, 1.82) is 0 Å². The Morgan fingerprint density at radius 2 is 1.86 bits per heavy atom. The Labute approximate surface area is 179 Å². The number of aryl methyl sites for hydroxylation is 2. The van der Waals surface area contributed by atoms with Gasteiger partial charge in [0, 0.05) is 22.2 Å². The Morgan fingerprint density at radius 1 is 1.17 bits per heavy atom. The second-order valence-electron chi connectivity index (χ2n) is 8.03. The number of carbonyl (C=O) groups is 1. The zero-order chi connectivity index (χ0) is 21.2. The van der Waals surface area contributed by atoms with E-state index in [0.717, 1.165) is 44.4 Å². The fourth-order valence-corrected chi connectivity index (χ4v) is 4.97. The Kier molecular flexibility index (Phi) is 6.58. The summed E-state index contributed by atoms with van der Waals surface area (Å²) in [5, 5.41) is 4.00. The predicted molar refractivity (Wildman–Crippen MR) is 120 cm³/mol. The summed E-state index contributed by atoms with van der Waals surface area (Å²) in [6.07, 6.45) is 0.838. The van der Waals surface area contributed by atoms with Crippen molar-refractivity contribution in [2.75, 3.05) is 12.3 Å². The van der Waals surface area contributed by atoms with Crippen LogP contribution in [0.3, 0.4) is 0 Å². The van der Waals surface area contributed by atoms with Crippen LogP contribution >= 0.6 is 23.1 Å². The quantitative estimate of drug-likeness (QED) is 0.404. The molecule has 0 bridgehead atoms. The second-order valence-corrected chi connectivity index (χ2v) is 10.2. The van der Waals surface area contributed by atoms with Gasteiger partial charge in [-0.15, -0.1) is 23.1 Å². The highest BCUT2D eigenvalue weighted by molar-refractivity contribution is 7.99. The van der Waals surface area contributed by atoms with Crippen LogP contribution in [0.2, 0.25) is 0 Å². The molecule has 0 spiro atoms. The number of thiophene rings is 1. The maximum Gasteiger partial charge on any atom is 0.261 e. The fourth-order valence-electron chi connectivity index (χ4n) is 2.97. The van der Waals surface area contributed by atoms with Gasteiger partial charge in [0.05, 0.1) is 10.6 Å². The summed E-state index contributed by atoms with van der Waals surface area (Å²) in [5.41, 5.74) is 1.73. The van der Waals surface area contributed by atoms with E-state index < -0.39 is 0 Å². The Bertz CT molecular complexity index is 1020. The van der Waals surface area contributed by atoms with Gasteiger partial charge in [-0.2, -0.15) is 0 Å². The molecule has 0 aliphatic heterocycles. The monoisotopic (exact) mass is 431 g/mol. The number of hydrogen-bond donors (Lipinski definition) is 1. The number of fused-ring (bicyclic) bond motifs is 1. The normalized spacial score (nSPS) is 11.8. The number of halogens is 1. The van der Waals surface area contributed by atoms with Crippen LogP contribution in [0, 0.1) is 19.7 Å². The standard InChI is InChI=1S/C22H26FN3OS2/c1-13-17-14(2)25-21(22(3,4)5)26-20(17)29-18(13)19(27)24-11-6-12-28-16-9-7-15(23)8-10-16/h7-10H,6,11-12H2,1-5H3,(H,24,27). The van der Waals surface area contributed by atoms with E-state index in [2.05, 4.69) is 31.1 Å². The highest BCUT2D eigenvalue weighted by Crippen LogP contribution is 2.33. The zero-order valence-electron chi connectivity index (χ0n) is 17.4. The molecule has 0 saturated heterocycles. The number of aromatic nitrogens is 2. The minimum atomic E-state index is -0.227. The lowest BCUT2D eigenvalue weighted by Gasteiger charge is -2.16. The third-order valence-corrected chi connectivity index (χ3v) is 6.82. The molecule has 3 aromatic rings. The molecule has 0 fully saturated rings. The van der Waals surface area contributed by atoms with Crippen LogP contribution in [0.15, 0.2) is 29.2 Å². The van der Waals surface area contributed by atoms with Gasteiger partial charge in [0.25, 0.3) is 5.91 Å². The van der Waals surface area contributed by atoms with Gasteiger partial charge in [-0.25, -0.2) is 14.4 Å². The molecule has 1 amide bonds. The summed E-state index contributed by atoms with van der Waals surface area (Å²) < 4.78 is 12.9. The van der Waals surface area contributed by atoms with Crippen molar-refractivity contribution in [2.24, 2.45) is 0 Å². The maximum atomic E-state index is 12.9. The van der Waals surface area contributed by atoms with Gasteiger partial charge in [0.1, 0.15) is 16.5 Å². The van der Waals surface area contributed by atoms with Crippen molar-refractivity contribution in [3.63, 3.8) is 0 Å². The number of nitrogens with zero attached hydrogens (tertiary/aromatic N) is 2. The number of thioether (sulfide) groups is 1. The molecule has 0 aliphatic rings. The lowest BCUT2D eigenvalue weighted by atomic mass is 9.95. The third-order valence-electron chi connectivity index (χ3n) is 4.54. The van der Waals surface area contributed by atoms with Gasteiger partial charge in [-0.1, -0.05) is 20.8 Å². The van der Waals surface area contributed by atoms with Crippen LogP contribution in [-0.2, 0) is 5.41 Å². The van der Waals surface area contributed by atoms with Gasteiger partial charge in [0.2, 0.25) is 0 Å². The average Bonchev–Trinajstić information content (AvgIpc) is 2.99. The minimum absolute atomic E-state index is 0.0611. The number of hydrogen-bond acceptors (Lipinski definition) is 5. The van der Waals surface area contributed by atoms with Crippen LogP contribution in [-0.4, -0.2) is 28.2 Å². The lowest BCUT2D eigenvalue weighted by molar-refractivity contribution is 0.0957. The molecule has 29 heavy (non-hydrogen) atoms. The molecule has 1 aromatic carbocycles. The SMILES string of the molecule is Cc1nc(C(C)(C)C)nc2sc(C(=O)NCCCSc3ccc(F)cc3)c(C)c12. The van der Waals surface area contributed by atoms with E-state index >= 15 is 0 Å². The molecule has 0 atom stereocenters. The van der Waals surface area contributed by atoms with Crippen molar-refractivity contribution in [3.05, 3.63) is 52.0 Å². The average molecular weight is 432 g/mol. The zero-order valence-corrected chi connectivity index (χ0v) is 19.1. The summed E-state index contributed by atoms with van der Waals surface area (Å²) in [6.45, 7) is 10.8. The molecule has 2 aromatic heterocycles. The molecule has 0 saturated carbocycles. The van der Waals surface area contributed by atoms with Gasteiger partial charge in [-0.3, -0.25) is 4.79 Å². The first-order valence-electron chi connectivity index (χ1n) is 9.61. The Hall–Kier alpha value is -1.99. The number of carbonyl (C=O) groups excluding carboxylic acids is 1. The molecule has 0 aliphatic carbocycles. The fraction of sp³-hybridized carbons (Fsp3) is 0.409. The van der Waals surface area contributed by atoms with E-state index in [1.165, 1.54) is 23.5 Å². The Morgan fingerprint density at radius 3 is 2.52 bits per heavy atom. The summed E-state index contributed by atoms with van der Waals surface area (Å²) in [6, 6.07) is 6.47. The van der Waals surface area contributed by atoms with Crippen LogP contribution in [0.25, 0.3) is 10.2 Å². The largest absolute Gasteiger partial charge is 0.351 e. The van der Waals surface area contributed by atoms with Crippen molar-refractivity contribution < 1.29 is 9.18 Å². The van der Waals surface area contributed by atoms with E-state index in [1.54, 1.807) is 23.9 Å². The smallest absolute Gasteiger partial charge is 0.261 e. The summed E-state index contributed by atoms with van der Waals surface area (Å²) >= 11 is 3.09. The topological polar surface area (TPSA) is 54.9 Å². The number of rotatable bonds is 6. The van der Waals surface area contributed by atoms with Crippen LogP contribution in [0.4, 0.5) is 4.39 Å². The second kappa shape index (κ2) is 8.79. The first kappa shape index (κ1) is 21.7. The maximum absolute atomic E-state index is 12.9. The van der Waals surface area contributed by atoms with Crippen LogP contribution < -0.4 is 5.32 Å². The molecule has 7 heteroatoms. The summed E-state index contributed by atoms with van der Waals surface area (Å²) in [5.74, 6) is 1.37. The van der Waals surface area contributed by atoms with Crippen molar-refractivity contribution >= 4 is 39.2 Å². The first-order chi connectivity index (χ1) is 13.7. The molecular weight excluding hydrogens is 405 g/mol. The first-order valence-corrected chi connectivity index (χ1v) is 11.4. The molecular formula is C22H26FN3OS2. The highest BCUT2D eigenvalue weighted by atomic mass is 32.2. The molecule has 1 N–H and O–H groups in total. The molecule has 0 radical (unpaired) electrons. The van der Waals surface area contributed by atoms with E-state index in [4.69, 9.17) is 4.98 Å². The molecule has 0 unspecified atom stereocenters. The molecule has 3 rings (SSSR count). The molecule has 2 heterocycles. The van der Waals surface area contributed by atoms with Gasteiger partial charge >= 0.3 is 0 Å². The number of amides is 1. The number of nitrogens with one attached hydrogen (secondary N) is 1. The highest BCUT2D eigenvalue weighted by Gasteiger charge is 2.23. The Balaban J connectivity index is 1.62. The van der Waals surface area contributed by atoms with E-state index in [-0.39, 0.29) is 17.1 Å². The van der Waals surface area contributed by atoms with E-state index in [1.807, 2.05) is 13.8 Å². The molecule has 154 valence electrons. The minimum Gasteiger partial charge on any atom is -0.351 e. The van der Waals surface area contributed by atoms with E-state index in [9.17, 15) is 9.18 Å². The van der Waals surface area contributed by atoms with Gasteiger partial charge in [0.15, 0.2) is 0 Å². The van der Waals surface area contributed by atoms with Gasteiger partial charge < -0.3 is 5.32 Å². The molecule has 4 nitrogen and oxygen atoms in total. The van der Waals surface area contributed by atoms with Crippen molar-refractivity contribution in [3.8, 4) is 0 Å². The summed E-state index contributed by atoms with van der Waals surface area (Å²) in [4.78, 5) is 24.7. The lowest BCUT2D eigenvalue weighted by Crippen LogP contribution is -2.24. The van der Waals surface area contributed by atoms with Crippen molar-refractivity contribution in [2.45, 2.75) is 51.3 Å².